The highest BCUT2D eigenvalue weighted by Crippen LogP contribution is 2.17. The number of carbonyl (C=O) groups is 1. The van der Waals surface area contributed by atoms with Crippen LogP contribution >= 0.6 is 0 Å². The van der Waals surface area contributed by atoms with Gasteiger partial charge in [-0.25, -0.2) is 4.39 Å². The third kappa shape index (κ3) is 2.10. The number of benzene rings is 1. The van der Waals surface area contributed by atoms with Crippen LogP contribution in [-0.2, 0) is 0 Å². The van der Waals surface area contributed by atoms with E-state index in [1.807, 2.05) is 0 Å². The maximum Gasteiger partial charge on any atom is 0.278 e. The summed E-state index contributed by atoms with van der Waals surface area (Å²) < 4.78 is 13.0. The molecule has 0 saturated heterocycles. The molecule has 1 aromatic carbocycles. The minimum atomic E-state index is -0.403. The second kappa shape index (κ2) is 4.25. The van der Waals surface area contributed by atoms with Gasteiger partial charge in [0.15, 0.2) is 0 Å². The second-order valence-electron chi connectivity index (χ2n) is 3.54. The van der Waals surface area contributed by atoms with Crippen molar-refractivity contribution in [1.29, 1.82) is 0 Å². The average molecular weight is 234 g/mol. The average Bonchev–Trinajstić information content (AvgIpc) is 2.73. The number of nitrogens with two attached hydrogens (primary N) is 1. The number of rotatable bonds is 2. The summed E-state index contributed by atoms with van der Waals surface area (Å²) in [6, 6.07) is 5.75. The minimum absolute atomic E-state index is 0.191. The molecule has 2 aromatic rings. The standard InChI is InChI=1S/C11H11FN4O/c1-16(8-4-2-3-7(12)5-8)11(17)10-9(13)6-14-15-10/h2-6H,13H2,1H3,(H,14,15). The van der Waals surface area contributed by atoms with Crippen molar-refractivity contribution in [2.75, 3.05) is 17.7 Å². The first-order valence-corrected chi connectivity index (χ1v) is 4.92. The zero-order valence-electron chi connectivity index (χ0n) is 9.14. The van der Waals surface area contributed by atoms with Gasteiger partial charge in [-0.2, -0.15) is 5.10 Å². The molecule has 0 spiro atoms. The maximum atomic E-state index is 13.0. The summed E-state index contributed by atoms with van der Waals surface area (Å²) in [5, 5.41) is 6.18. The zero-order chi connectivity index (χ0) is 12.4. The molecule has 0 fully saturated rings. The molecule has 6 heteroatoms. The molecule has 5 nitrogen and oxygen atoms in total. The molecule has 0 bridgehead atoms. The lowest BCUT2D eigenvalue weighted by Crippen LogP contribution is -2.27. The number of carbonyl (C=O) groups excluding carboxylic acids is 1. The first kappa shape index (κ1) is 11.1. The van der Waals surface area contributed by atoms with E-state index in [0.717, 1.165) is 0 Å². The van der Waals surface area contributed by atoms with Gasteiger partial charge in [0.2, 0.25) is 0 Å². The molecule has 0 radical (unpaired) electrons. The van der Waals surface area contributed by atoms with E-state index in [1.165, 1.54) is 36.3 Å². The van der Waals surface area contributed by atoms with Gasteiger partial charge in [-0.3, -0.25) is 9.89 Å². The second-order valence-corrected chi connectivity index (χ2v) is 3.54. The summed E-state index contributed by atoms with van der Waals surface area (Å²) in [5.74, 6) is -0.773. The number of nitrogens with one attached hydrogen (secondary N) is 1. The molecular formula is C11H11FN4O. The molecule has 0 aliphatic heterocycles. The zero-order valence-corrected chi connectivity index (χ0v) is 9.14. The van der Waals surface area contributed by atoms with Crippen LogP contribution in [0.3, 0.4) is 0 Å². The van der Waals surface area contributed by atoms with Gasteiger partial charge < -0.3 is 10.6 Å². The van der Waals surface area contributed by atoms with Crippen molar-refractivity contribution < 1.29 is 9.18 Å². The molecule has 0 aliphatic rings. The van der Waals surface area contributed by atoms with Crippen LogP contribution in [-0.4, -0.2) is 23.2 Å². The Labute approximate surface area is 97.0 Å². The molecule has 0 unspecified atom stereocenters. The fraction of sp³-hybridized carbons (Fsp3) is 0.0909. The summed E-state index contributed by atoms with van der Waals surface area (Å²) in [5.41, 5.74) is 6.47. The topological polar surface area (TPSA) is 75.0 Å². The normalized spacial score (nSPS) is 10.2. The van der Waals surface area contributed by atoms with E-state index in [1.54, 1.807) is 6.07 Å². The molecule has 0 aliphatic carbocycles. The summed E-state index contributed by atoms with van der Waals surface area (Å²) in [4.78, 5) is 13.3. The van der Waals surface area contributed by atoms with Gasteiger partial charge in [0.25, 0.3) is 5.91 Å². The monoisotopic (exact) mass is 234 g/mol. The highest BCUT2D eigenvalue weighted by molar-refractivity contribution is 6.07. The summed E-state index contributed by atoms with van der Waals surface area (Å²) in [6.45, 7) is 0. The molecule has 17 heavy (non-hydrogen) atoms. The van der Waals surface area contributed by atoms with Crippen LogP contribution in [0, 0.1) is 5.82 Å². The summed E-state index contributed by atoms with van der Waals surface area (Å²) >= 11 is 0. The molecule has 0 atom stereocenters. The molecule has 3 N–H and O–H groups in total. The summed E-state index contributed by atoms with van der Waals surface area (Å²) in [7, 11) is 1.54. The number of halogens is 1. The van der Waals surface area contributed by atoms with Crippen molar-refractivity contribution in [1.82, 2.24) is 10.2 Å². The lowest BCUT2D eigenvalue weighted by molar-refractivity contribution is 0.0989. The summed E-state index contributed by atoms with van der Waals surface area (Å²) in [6.07, 6.45) is 1.35. The van der Waals surface area contributed by atoms with Crippen LogP contribution in [0.5, 0.6) is 0 Å². The minimum Gasteiger partial charge on any atom is -0.396 e. The largest absolute Gasteiger partial charge is 0.396 e. The Bertz CT molecular complexity index is 552. The lowest BCUT2D eigenvalue weighted by atomic mass is 10.2. The number of hydrogen-bond donors (Lipinski definition) is 2. The molecule has 1 heterocycles. The predicted octanol–water partition coefficient (Wildman–Crippen LogP) is 1.41. The Morgan fingerprint density at radius 1 is 1.53 bits per heavy atom. The molecular weight excluding hydrogens is 223 g/mol. The van der Waals surface area contributed by atoms with Crippen molar-refractivity contribution in [3.63, 3.8) is 0 Å². The van der Waals surface area contributed by atoms with Gasteiger partial charge in [0.05, 0.1) is 11.9 Å². The van der Waals surface area contributed by atoms with Gasteiger partial charge in [-0.1, -0.05) is 6.07 Å². The Kier molecular flexibility index (Phi) is 2.78. The number of nitrogen functional groups attached to an aromatic ring is 1. The van der Waals surface area contributed by atoms with E-state index in [2.05, 4.69) is 10.2 Å². The van der Waals surface area contributed by atoms with Crippen LogP contribution in [0.25, 0.3) is 0 Å². The smallest absolute Gasteiger partial charge is 0.278 e. The lowest BCUT2D eigenvalue weighted by Gasteiger charge is -2.16. The quantitative estimate of drug-likeness (QED) is 0.824. The SMILES string of the molecule is CN(C(=O)c1[nH]ncc1N)c1cccc(F)c1. The number of hydrogen-bond acceptors (Lipinski definition) is 3. The maximum absolute atomic E-state index is 13.0. The Balaban J connectivity index is 2.30. The molecule has 0 saturated carbocycles. The molecule has 1 aromatic heterocycles. The van der Waals surface area contributed by atoms with E-state index < -0.39 is 5.82 Å². The fourth-order valence-corrected chi connectivity index (χ4v) is 1.44. The van der Waals surface area contributed by atoms with Gasteiger partial charge >= 0.3 is 0 Å². The van der Waals surface area contributed by atoms with Crippen molar-refractivity contribution in [2.24, 2.45) is 0 Å². The van der Waals surface area contributed by atoms with Crippen molar-refractivity contribution in [3.8, 4) is 0 Å². The number of anilines is 2. The third-order valence-corrected chi connectivity index (χ3v) is 2.38. The van der Waals surface area contributed by atoms with Crippen LogP contribution in [0.4, 0.5) is 15.8 Å². The van der Waals surface area contributed by atoms with Gasteiger partial charge in [0.1, 0.15) is 11.5 Å². The first-order chi connectivity index (χ1) is 8.09. The highest BCUT2D eigenvalue weighted by Gasteiger charge is 2.17. The van der Waals surface area contributed by atoms with Gasteiger partial charge in [-0.05, 0) is 18.2 Å². The fourth-order valence-electron chi connectivity index (χ4n) is 1.44. The highest BCUT2D eigenvalue weighted by atomic mass is 19.1. The van der Waals surface area contributed by atoms with Crippen LogP contribution < -0.4 is 10.6 Å². The molecule has 2 rings (SSSR count). The van der Waals surface area contributed by atoms with Crippen LogP contribution in [0.15, 0.2) is 30.5 Å². The van der Waals surface area contributed by atoms with Crippen LogP contribution in [0.1, 0.15) is 10.5 Å². The van der Waals surface area contributed by atoms with E-state index in [4.69, 9.17) is 5.73 Å². The van der Waals surface area contributed by atoms with Crippen molar-refractivity contribution >= 4 is 17.3 Å². The Hall–Kier alpha value is -2.37. The Morgan fingerprint density at radius 2 is 2.29 bits per heavy atom. The van der Waals surface area contributed by atoms with Gasteiger partial charge in [0, 0.05) is 12.7 Å². The van der Waals surface area contributed by atoms with E-state index in [9.17, 15) is 9.18 Å². The molecule has 88 valence electrons. The number of amides is 1. The molecule has 1 amide bonds. The number of H-pyrrole nitrogens is 1. The van der Waals surface area contributed by atoms with Crippen LogP contribution in [0.2, 0.25) is 0 Å². The van der Waals surface area contributed by atoms with E-state index in [0.29, 0.717) is 5.69 Å². The van der Waals surface area contributed by atoms with E-state index >= 15 is 0 Å². The van der Waals surface area contributed by atoms with Crippen molar-refractivity contribution in [2.45, 2.75) is 0 Å². The third-order valence-electron chi connectivity index (χ3n) is 2.38. The number of nitrogens with zero attached hydrogens (tertiary/aromatic N) is 2. The number of aromatic amines is 1. The Morgan fingerprint density at radius 3 is 2.88 bits per heavy atom. The van der Waals surface area contributed by atoms with Gasteiger partial charge in [-0.15, -0.1) is 0 Å². The van der Waals surface area contributed by atoms with E-state index in [-0.39, 0.29) is 17.3 Å². The predicted molar refractivity (Wildman–Crippen MR) is 62.1 cm³/mol. The number of aromatic nitrogens is 2. The first-order valence-electron chi connectivity index (χ1n) is 4.92. The van der Waals surface area contributed by atoms with Crippen molar-refractivity contribution in [3.05, 3.63) is 42.0 Å².